The quantitative estimate of drug-likeness (QED) is 0.0432. The third-order valence-electron chi connectivity index (χ3n) is 10.1. The van der Waals surface area contributed by atoms with Gasteiger partial charge in [0.2, 0.25) is 0 Å². The first-order valence-corrected chi connectivity index (χ1v) is 22.6. The van der Waals surface area contributed by atoms with E-state index < -0.39 is 19.5 Å². The Morgan fingerprint density at radius 2 is 1.26 bits per heavy atom. The summed E-state index contributed by atoms with van der Waals surface area (Å²) in [5.41, 5.74) is 5.31. The van der Waals surface area contributed by atoms with Gasteiger partial charge in [-0.25, -0.2) is 5.09 Å². The van der Waals surface area contributed by atoms with Crippen molar-refractivity contribution < 1.29 is 28.5 Å². The maximum Gasteiger partial charge on any atom is 0.354 e. The summed E-state index contributed by atoms with van der Waals surface area (Å²) in [5.74, 6) is 1.07. The molecule has 0 aliphatic rings. The molecule has 3 aromatic rings. The predicted molar refractivity (Wildman–Crippen MR) is 224 cm³/mol. The van der Waals surface area contributed by atoms with Gasteiger partial charge in [-0.1, -0.05) is 147 Å². The number of aromatic hydroxyl groups is 1. The van der Waals surface area contributed by atoms with Crippen molar-refractivity contribution in [3.8, 4) is 17.2 Å². The number of carbonyl (C=O) groups excluding carboxylic acids is 1. The highest BCUT2D eigenvalue weighted by Gasteiger charge is 2.32. The minimum atomic E-state index is -3.71. The average molecular weight is 764 g/mol. The molecule has 0 saturated heterocycles. The number of nitrogens with one attached hydrogen (secondary N) is 1. The number of phenols is 1. The molecule has 0 aliphatic carbocycles. The van der Waals surface area contributed by atoms with Gasteiger partial charge in [0.25, 0.3) is 0 Å². The topological polar surface area (TPSA) is 94.1 Å². The molecule has 54 heavy (non-hydrogen) atoms. The molecule has 0 heterocycles. The Balaban J connectivity index is 1.43. The molecule has 1 unspecified atom stereocenters. The first-order valence-electron chi connectivity index (χ1n) is 20.8. The van der Waals surface area contributed by atoms with Crippen LogP contribution < -0.4 is 14.3 Å². The van der Waals surface area contributed by atoms with Crippen LogP contribution in [0.5, 0.6) is 17.2 Å². The molecule has 2 atom stereocenters. The van der Waals surface area contributed by atoms with E-state index in [9.17, 15) is 14.5 Å². The van der Waals surface area contributed by atoms with Gasteiger partial charge >= 0.3 is 13.5 Å². The second-order valence-electron chi connectivity index (χ2n) is 15.4. The lowest BCUT2D eigenvalue weighted by atomic mass is 9.93. The van der Waals surface area contributed by atoms with E-state index in [1.165, 1.54) is 89.0 Å². The molecule has 0 aliphatic heterocycles. The first-order chi connectivity index (χ1) is 26.0. The number of rotatable bonds is 28. The number of unbranched alkanes of at least 4 members (excludes halogenated alkanes) is 15. The monoisotopic (exact) mass is 763 g/mol. The highest BCUT2D eigenvalue weighted by Crippen LogP contribution is 2.44. The van der Waals surface area contributed by atoms with Crippen molar-refractivity contribution in [2.24, 2.45) is 0 Å². The van der Waals surface area contributed by atoms with Gasteiger partial charge in [0.15, 0.2) is 6.35 Å². The van der Waals surface area contributed by atoms with Crippen molar-refractivity contribution >= 4 is 13.5 Å². The predicted octanol–water partition coefficient (Wildman–Crippen LogP) is 13.1. The summed E-state index contributed by atoms with van der Waals surface area (Å²) >= 11 is 0. The van der Waals surface area contributed by atoms with Gasteiger partial charge in [-0.3, -0.25) is 9.36 Å². The number of benzene rings is 3. The Morgan fingerprint density at radius 1 is 0.722 bits per heavy atom. The van der Waals surface area contributed by atoms with Crippen LogP contribution in [0.4, 0.5) is 0 Å². The zero-order valence-corrected chi connectivity index (χ0v) is 35.2. The lowest BCUT2D eigenvalue weighted by Gasteiger charge is -2.24. The summed E-state index contributed by atoms with van der Waals surface area (Å²) in [6.45, 7) is 12.5. The molecule has 2 N–H and O–H groups in total. The van der Waals surface area contributed by atoms with Crippen molar-refractivity contribution in [3.05, 3.63) is 88.5 Å². The third-order valence-corrected chi connectivity index (χ3v) is 11.9. The second-order valence-corrected chi connectivity index (χ2v) is 17.5. The van der Waals surface area contributed by atoms with Crippen LogP contribution in [-0.4, -0.2) is 30.1 Å². The summed E-state index contributed by atoms with van der Waals surface area (Å²) in [7, 11) is -3.71. The van der Waals surface area contributed by atoms with E-state index >= 15 is 0 Å². The van der Waals surface area contributed by atoms with Gasteiger partial charge in [-0.15, -0.1) is 0 Å². The number of hydrogen-bond donors (Lipinski definition) is 2. The standard InChI is InChI=1S/C46H70NO6P/c1-7-8-9-10-11-12-13-14-15-16-17-18-19-20-21-25-30-51-46(49)39(6)47-54(50,53-41-26-23-22-24-27-41)35-52-42-31-37(4)44(38(5)32-42)34-40-28-29-45(48)43(33-40)36(2)3/h22-24,26-29,31-33,36,39,48H,7-21,25,30,34-35H2,1-6H3,(H,47,50)/t39-,54?/m0/s1. The molecule has 0 saturated carbocycles. The molecule has 300 valence electrons. The summed E-state index contributed by atoms with van der Waals surface area (Å²) in [6.07, 6.45) is 21.1. The molecule has 0 spiro atoms. The summed E-state index contributed by atoms with van der Waals surface area (Å²) in [6, 6.07) is 17.7. The number of hydrogen-bond acceptors (Lipinski definition) is 6. The molecular formula is C46H70NO6P. The third kappa shape index (κ3) is 17.0. The fraction of sp³-hybridized carbons (Fsp3) is 0.587. The van der Waals surface area contributed by atoms with Crippen LogP contribution in [-0.2, 0) is 20.5 Å². The molecule has 0 fully saturated rings. The largest absolute Gasteiger partial charge is 0.508 e. The van der Waals surface area contributed by atoms with E-state index in [4.69, 9.17) is 14.0 Å². The fourth-order valence-electron chi connectivity index (χ4n) is 6.89. The highest BCUT2D eigenvalue weighted by atomic mass is 31.2. The van der Waals surface area contributed by atoms with E-state index in [1.54, 1.807) is 37.3 Å². The molecule has 8 heteroatoms. The molecular weight excluding hydrogens is 693 g/mol. The smallest absolute Gasteiger partial charge is 0.354 e. The number of phenolic OH excluding ortho intramolecular Hbond substituents is 1. The average Bonchev–Trinajstić information content (AvgIpc) is 3.14. The molecule has 7 nitrogen and oxygen atoms in total. The van der Waals surface area contributed by atoms with Crippen molar-refractivity contribution in [3.63, 3.8) is 0 Å². The molecule has 0 bridgehead atoms. The Morgan fingerprint density at radius 3 is 1.80 bits per heavy atom. The maximum atomic E-state index is 14.2. The van der Waals surface area contributed by atoms with Crippen molar-refractivity contribution in [1.82, 2.24) is 5.09 Å². The van der Waals surface area contributed by atoms with E-state index in [0.717, 1.165) is 41.5 Å². The van der Waals surface area contributed by atoms with Crippen molar-refractivity contribution in [1.29, 1.82) is 0 Å². The summed E-state index contributed by atoms with van der Waals surface area (Å²) in [5, 5.41) is 13.2. The van der Waals surface area contributed by atoms with Crippen molar-refractivity contribution in [2.75, 3.05) is 13.0 Å². The zero-order chi connectivity index (χ0) is 39.2. The van der Waals surface area contributed by atoms with E-state index in [-0.39, 0.29) is 12.3 Å². The minimum Gasteiger partial charge on any atom is -0.508 e. The first kappa shape index (κ1) is 45.1. The van der Waals surface area contributed by atoms with Gasteiger partial charge in [-0.2, -0.15) is 0 Å². The maximum absolute atomic E-state index is 14.2. The second kappa shape index (κ2) is 25.0. The van der Waals surface area contributed by atoms with Crippen molar-refractivity contribution in [2.45, 2.75) is 163 Å². The van der Waals surface area contributed by atoms with E-state index in [0.29, 0.717) is 30.3 Å². The highest BCUT2D eigenvalue weighted by molar-refractivity contribution is 7.57. The van der Waals surface area contributed by atoms with Crippen LogP contribution in [0.25, 0.3) is 0 Å². The minimum absolute atomic E-state index is 0.221. The Labute approximate surface area is 327 Å². The summed E-state index contributed by atoms with van der Waals surface area (Å²) in [4.78, 5) is 12.9. The van der Waals surface area contributed by atoms with E-state index in [1.807, 2.05) is 38.1 Å². The number of aryl methyl sites for hydroxylation is 2. The normalized spacial score (nSPS) is 13.1. The molecule has 0 amide bonds. The lowest BCUT2D eigenvalue weighted by molar-refractivity contribution is -0.145. The molecule has 3 aromatic carbocycles. The molecule has 3 rings (SSSR count). The van der Waals surface area contributed by atoms with Gasteiger partial charge < -0.3 is 19.1 Å². The van der Waals surface area contributed by atoms with Crippen LogP contribution in [0.15, 0.2) is 60.7 Å². The number of esters is 1. The van der Waals surface area contributed by atoms with Crippen LogP contribution in [0, 0.1) is 13.8 Å². The van der Waals surface area contributed by atoms with Gasteiger partial charge in [0.1, 0.15) is 23.3 Å². The van der Waals surface area contributed by atoms with E-state index in [2.05, 4.69) is 31.9 Å². The van der Waals surface area contributed by atoms with Gasteiger partial charge in [0.05, 0.1) is 6.61 Å². The fourth-order valence-corrected chi connectivity index (χ4v) is 8.55. The van der Waals surface area contributed by atoms with Crippen LogP contribution in [0.2, 0.25) is 0 Å². The van der Waals surface area contributed by atoms with Crippen LogP contribution in [0.1, 0.15) is 164 Å². The Hall–Kier alpha value is -3.28. The van der Waals surface area contributed by atoms with Crippen LogP contribution in [0.3, 0.4) is 0 Å². The lowest BCUT2D eigenvalue weighted by Crippen LogP contribution is -2.36. The SMILES string of the molecule is CCCCCCCCCCCCCCCCCCOC(=O)[C@H](C)NP(=O)(COc1cc(C)c(Cc2ccc(O)c(C(C)C)c2)c(C)c1)Oc1ccccc1. The van der Waals surface area contributed by atoms with Gasteiger partial charge in [-0.05, 0) is 97.7 Å². The summed E-state index contributed by atoms with van der Waals surface area (Å²) < 4.78 is 31.9. The Kier molecular flexibility index (Phi) is 20.9. The zero-order valence-electron chi connectivity index (χ0n) is 34.3. The van der Waals surface area contributed by atoms with Gasteiger partial charge in [0, 0.05) is 0 Å². The number of ether oxygens (including phenoxy) is 2. The number of para-hydroxylation sites is 1. The van der Waals surface area contributed by atoms with Crippen LogP contribution >= 0.6 is 7.52 Å². The Bertz CT molecular complexity index is 1540. The number of carbonyl (C=O) groups is 1. The molecule has 0 aromatic heterocycles. The molecule has 0 radical (unpaired) electrons.